The summed E-state index contributed by atoms with van der Waals surface area (Å²) >= 11 is 3.30. The summed E-state index contributed by atoms with van der Waals surface area (Å²) in [5.74, 6) is 0. The van der Waals surface area contributed by atoms with Crippen LogP contribution in [-0.4, -0.2) is 40.8 Å². The van der Waals surface area contributed by atoms with E-state index in [9.17, 15) is 9.90 Å². The minimum atomic E-state index is -1.07. The number of carbonyl (C=O) groups excluding carboxylic acids is 1. The summed E-state index contributed by atoms with van der Waals surface area (Å²) in [6, 6.07) is 7.88. The summed E-state index contributed by atoms with van der Waals surface area (Å²) in [5.41, 5.74) is -0.558. The molecule has 30 heavy (non-hydrogen) atoms. The van der Waals surface area contributed by atoms with E-state index in [0.717, 1.165) is 29.0 Å². The second kappa shape index (κ2) is 12.4. The van der Waals surface area contributed by atoms with Gasteiger partial charge in [-0.1, -0.05) is 31.9 Å². The number of nitrogens with one attached hydrogen (secondary N) is 1. The molecule has 0 radical (unpaired) electrons. The minimum Gasteiger partial charge on any atom is -0.444 e. The molecule has 0 fully saturated rings. The number of alkyl carbamates (subject to hydrolysis) is 1. The summed E-state index contributed by atoms with van der Waals surface area (Å²) in [6.07, 6.45) is 1.19. The number of nitrogens with zero attached hydrogens (tertiary/aromatic N) is 1. The van der Waals surface area contributed by atoms with Gasteiger partial charge in [0.05, 0.1) is 12.6 Å². The Morgan fingerprint density at radius 2 is 1.77 bits per heavy atom. The standard InChI is InChI=1S/C22H34N2O4S2/c1-5-6-9-17(23-20(25)28-22(2,3)4)16-27-21(26)24(14-18-10-7-12-29-18)15-19-11-8-13-30-19/h7-8,10-13,17,21,26H,5-6,9,14-16H2,1-4H3,(H,23,25)/t17-,21?/m0/s1. The molecule has 2 heterocycles. The van der Waals surface area contributed by atoms with Gasteiger partial charge < -0.3 is 19.9 Å². The molecule has 2 N–H and O–H groups in total. The molecule has 0 saturated carbocycles. The monoisotopic (exact) mass is 454 g/mol. The van der Waals surface area contributed by atoms with E-state index in [-0.39, 0.29) is 12.6 Å². The van der Waals surface area contributed by atoms with Crippen molar-refractivity contribution in [2.24, 2.45) is 0 Å². The highest BCUT2D eigenvalue weighted by Crippen LogP contribution is 2.19. The van der Waals surface area contributed by atoms with Crippen LogP contribution in [0.3, 0.4) is 0 Å². The molecule has 0 spiro atoms. The number of hydrogen-bond donors (Lipinski definition) is 2. The van der Waals surface area contributed by atoms with E-state index < -0.39 is 18.1 Å². The highest BCUT2D eigenvalue weighted by molar-refractivity contribution is 7.10. The molecule has 0 aromatic carbocycles. The first-order chi connectivity index (χ1) is 14.3. The van der Waals surface area contributed by atoms with Crippen LogP contribution in [0.15, 0.2) is 35.0 Å². The fraction of sp³-hybridized carbons (Fsp3) is 0.591. The van der Waals surface area contributed by atoms with Gasteiger partial charge in [-0.3, -0.25) is 0 Å². The highest BCUT2D eigenvalue weighted by atomic mass is 32.1. The van der Waals surface area contributed by atoms with Crippen molar-refractivity contribution in [3.05, 3.63) is 44.8 Å². The Hall–Kier alpha value is -1.45. The van der Waals surface area contributed by atoms with Crippen molar-refractivity contribution in [2.75, 3.05) is 6.61 Å². The van der Waals surface area contributed by atoms with Gasteiger partial charge in [0.15, 0.2) is 0 Å². The van der Waals surface area contributed by atoms with Crippen LogP contribution in [0.2, 0.25) is 0 Å². The molecular formula is C22H34N2O4S2. The van der Waals surface area contributed by atoms with Gasteiger partial charge in [-0.2, -0.15) is 0 Å². The lowest BCUT2D eigenvalue weighted by molar-refractivity contribution is -0.203. The molecule has 0 bridgehead atoms. The third-order valence-electron chi connectivity index (χ3n) is 4.26. The zero-order valence-electron chi connectivity index (χ0n) is 18.3. The van der Waals surface area contributed by atoms with Crippen LogP contribution >= 0.6 is 22.7 Å². The third-order valence-corrected chi connectivity index (χ3v) is 5.99. The van der Waals surface area contributed by atoms with Crippen LogP contribution in [0, 0.1) is 0 Å². The second-order valence-electron chi connectivity index (χ2n) is 8.21. The molecule has 2 rings (SSSR count). The maximum Gasteiger partial charge on any atom is 0.407 e. The summed E-state index contributed by atoms with van der Waals surface area (Å²) in [5, 5.41) is 17.7. The quantitative estimate of drug-likeness (QED) is 0.432. The van der Waals surface area contributed by atoms with Gasteiger partial charge >= 0.3 is 6.09 Å². The van der Waals surface area contributed by atoms with E-state index in [0.29, 0.717) is 13.1 Å². The molecule has 0 aliphatic carbocycles. The van der Waals surface area contributed by atoms with Gasteiger partial charge in [0.2, 0.25) is 6.41 Å². The fourth-order valence-electron chi connectivity index (χ4n) is 2.85. The summed E-state index contributed by atoms with van der Waals surface area (Å²) < 4.78 is 11.2. The SMILES string of the molecule is CCCC[C@@H](COC(O)N(Cc1cccs1)Cc1cccs1)NC(=O)OC(C)(C)C. The lowest BCUT2D eigenvalue weighted by atomic mass is 10.1. The molecule has 1 unspecified atom stereocenters. The maximum absolute atomic E-state index is 12.2. The molecule has 168 valence electrons. The summed E-state index contributed by atoms with van der Waals surface area (Å²) in [7, 11) is 0. The molecule has 2 aromatic heterocycles. The molecular weight excluding hydrogens is 420 g/mol. The van der Waals surface area contributed by atoms with Crippen LogP contribution in [-0.2, 0) is 22.6 Å². The number of aliphatic hydroxyl groups excluding tert-OH is 1. The Labute approximate surface area is 187 Å². The Morgan fingerprint density at radius 1 is 1.17 bits per heavy atom. The smallest absolute Gasteiger partial charge is 0.407 e. The first-order valence-corrected chi connectivity index (χ1v) is 12.1. The predicted molar refractivity (Wildman–Crippen MR) is 123 cm³/mol. The number of hydrogen-bond acceptors (Lipinski definition) is 7. The van der Waals surface area contributed by atoms with Gasteiger partial charge in [0, 0.05) is 22.8 Å². The van der Waals surface area contributed by atoms with E-state index in [1.54, 1.807) is 22.7 Å². The van der Waals surface area contributed by atoms with Crippen LogP contribution in [0.5, 0.6) is 0 Å². The lowest BCUT2D eigenvalue weighted by Gasteiger charge is -2.29. The minimum absolute atomic E-state index is 0.214. The molecule has 8 heteroatoms. The lowest BCUT2D eigenvalue weighted by Crippen LogP contribution is -2.44. The number of rotatable bonds is 12. The van der Waals surface area contributed by atoms with Crippen LogP contribution < -0.4 is 5.32 Å². The Kier molecular flexibility index (Phi) is 10.3. The van der Waals surface area contributed by atoms with Crippen molar-refractivity contribution in [1.29, 1.82) is 0 Å². The van der Waals surface area contributed by atoms with Crippen molar-refractivity contribution in [2.45, 2.75) is 78.1 Å². The number of amides is 1. The summed E-state index contributed by atoms with van der Waals surface area (Å²) in [4.78, 5) is 16.4. The number of ether oxygens (including phenoxy) is 2. The molecule has 2 aromatic rings. The second-order valence-corrected chi connectivity index (χ2v) is 10.3. The molecule has 6 nitrogen and oxygen atoms in total. The topological polar surface area (TPSA) is 71.0 Å². The molecule has 2 atom stereocenters. The van der Waals surface area contributed by atoms with Crippen molar-refractivity contribution >= 4 is 28.8 Å². The van der Waals surface area contributed by atoms with E-state index in [4.69, 9.17) is 9.47 Å². The van der Waals surface area contributed by atoms with Gasteiger partial charge in [-0.05, 0) is 50.1 Å². The molecule has 0 aliphatic heterocycles. The summed E-state index contributed by atoms with van der Waals surface area (Å²) in [6.45, 7) is 9.00. The average molecular weight is 455 g/mol. The van der Waals surface area contributed by atoms with Crippen molar-refractivity contribution < 1.29 is 19.4 Å². The first-order valence-electron chi connectivity index (χ1n) is 10.3. The number of thiophene rings is 2. The Bertz CT molecular complexity index is 678. The molecule has 1 amide bonds. The van der Waals surface area contributed by atoms with Crippen molar-refractivity contribution in [1.82, 2.24) is 10.2 Å². The zero-order chi connectivity index (χ0) is 22.0. The predicted octanol–water partition coefficient (Wildman–Crippen LogP) is 5.19. The van der Waals surface area contributed by atoms with Crippen molar-refractivity contribution in [3.8, 4) is 0 Å². The van der Waals surface area contributed by atoms with Gasteiger partial charge in [0.25, 0.3) is 0 Å². The number of unbranched alkanes of at least 4 members (excludes halogenated alkanes) is 1. The van der Waals surface area contributed by atoms with Crippen molar-refractivity contribution in [3.63, 3.8) is 0 Å². The van der Waals surface area contributed by atoms with E-state index in [2.05, 4.69) is 12.2 Å². The van der Waals surface area contributed by atoms with E-state index >= 15 is 0 Å². The number of aliphatic hydroxyl groups is 1. The normalized spacial score (nSPS) is 13.9. The van der Waals surface area contributed by atoms with Crippen LogP contribution in [0.4, 0.5) is 4.79 Å². The van der Waals surface area contributed by atoms with Crippen LogP contribution in [0.25, 0.3) is 0 Å². The Morgan fingerprint density at radius 3 is 2.23 bits per heavy atom. The van der Waals surface area contributed by atoms with Gasteiger partial charge in [-0.15, -0.1) is 22.7 Å². The zero-order valence-corrected chi connectivity index (χ0v) is 19.9. The largest absolute Gasteiger partial charge is 0.444 e. The maximum atomic E-state index is 12.2. The van der Waals surface area contributed by atoms with Gasteiger partial charge in [-0.25, -0.2) is 9.69 Å². The third kappa shape index (κ3) is 9.57. The molecule has 0 saturated heterocycles. The highest BCUT2D eigenvalue weighted by Gasteiger charge is 2.23. The Balaban J connectivity index is 1.96. The van der Waals surface area contributed by atoms with Gasteiger partial charge in [0.1, 0.15) is 5.60 Å². The fourth-order valence-corrected chi connectivity index (χ4v) is 4.31. The van der Waals surface area contributed by atoms with E-state index in [1.165, 1.54) is 0 Å². The van der Waals surface area contributed by atoms with E-state index in [1.807, 2.05) is 60.7 Å². The first kappa shape index (κ1) is 24.8. The average Bonchev–Trinajstić information content (AvgIpc) is 3.35. The molecule has 0 aliphatic rings. The number of carbonyl (C=O) groups is 1. The van der Waals surface area contributed by atoms with Crippen LogP contribution in [0.1, 0.15) is 56.7 Å².